The van der Waals surface area contributed by atoms with Crippen LogP contribution in [0.4, 0.5) is 0 Å². The van der Waals surface area contributed by atoms with E-state index in [1.807, 2.05) is 24.3 Å². The van der Waals surface area contributed by atoms with Gasteiger partial charge in [0.15, 0.2) is 0 Å². The minimum atomic E-state index is 0.0483. The van der Waals surface area contributed by atoms with E-state index in [4.69, 9.17) is 22.1 Å². The summed E-state index contributed by atoms with van der Waals surface area (Å²) in [6.07, 6.45) is 1.57. The zero-order chi connectivity index (χ0) is 13.8. The molecule has 1 aromatic carbocycles. The van der Waals surface area contributed by atoms with Gasteiger partial charge in [0.25, 0.3) is 0 Å². The Balaban J connectivity index is 1.84. The Hall–Kier alpha value is -0.610. The molecule has 106 valence electrons. The van der Waals surface area contributed by atoms with Crippen LogP contribution >= 0.6 is 11.6 Å². The van der Waals surface area contributed by atoms with Crippen molar-refractivity contribution in [1.29, 1.82) is 0 Å². The number of hydrogen-bond donors (Lipinski definition) is 1. The molecular formula is C15H23ClN2O. The molecule has 3 unspecified atom stereocenters. The molecule has 3 nitrogen and oxygen atoms in total. The van der Waals surface area contributed by atoms with E-state index in [-0.39, 0.29) is 6.04 Å². The number of rotatable bonds is 4. The third kappa shape index (κ3) is 4.46. The van der Waals surface area contributed by atoms with Gasteiger partial charge in [-0.05, 0) is 38.0 Å². The van der Waals surface area contributed by atoms with Crippen LogP contribution in [0, 0.1) is 0 Å². The fourth-order valence-electron chi connectivity index (χ4n) is 2.69. The standard InChI is InChI=1S/C15H23ClN2O/c1-11-9-18(10-12(2)19-11)7-6-15(17)13-4-3-5-14(16)8-13/h3-5,8,11-12,15H,6-7,9-10,17H2,1-2H3. The Morgan fingerprint density at radius 1 is 1.37 bits per heavy atom. The molecule has 0 bridgehead atoms. The summed E-state index contributed by atoms with van der Waals surface area (Å²) >= 11 is 5.99. The van der Waals surface area contributed by atoms with Crippen molar-refractivity contribution >= 4 is 11.6 Å². The average Bonchev–Trinajstić information content (AvgIpc) is 2.35. The number of nitrogens with two attached hydrogens (primary N) is 1. The van der Waals surface area contributed by atoms with Gasteiger partial charge < -0.3 is 10.5 Å². The number of nitrogens with zero attached hydrogens (tertiary/aromatic N) is 1. The molecule has 0 radical (unpaired) electrons. The molecule has 1 heterocycles. The Bertz CT molecular complexity index is 403. The van der Waals surface area contributed by atoms with Crippen LogP contribution in [0.25, 0.3) is 0 Å². The Kier molecular flexibility index (Phi) is 5.22. The molecule has 0 amide bonds. The minimum absolute atomic E-state index is 0.0483. The Morgan fingerprint density at radius 3 is 2.68 bits per heavy atom. The summed E-state index contributed by atoms with van der Waals surface area (Å²) in [5, 5.41) is 0.751. The molecule has 19 heavy (non-hydrogen) atoms. The summed E-state index contributed by atoms with van der Waals surface area (Å²) in [4.78, 5) is 2.43. The first-order valence-corrected chi connectivity index (χ1v) is 7.31. The van der Waals surface area contributed by atoms with Crippen molar-refractivity contribution in [3.8, 4) is 0 Å². The van der Waals surface area contributed by atoms with Crippen molar-refractivity contribution in [1.82, 2.24) is 4.90 Å². The number of morpholine rings is 1. The van der Waals surface area contributed by atoms with Crippen molar-refractivity contribution < 1.29 is 4.74 Å². The quantitative estimate of drug-likeness (QED) is 0.923. The van der Waals surface area contributed by atoms with Crippen LogP contribution in [0.1, 0.15) is 31.9 Å². The van der Waals surface area contributed by atoms with Gasteiger partial charge in [0, 0.05) is 30.7 Å². The van der Waals surface area contributed by atoms with Crippen LogP contribution in [0.3, 0.4) is 0 Å². The molecule has 4 heteroatoms. The van der Waals surface area contributed by atoms with Gasteiger partial charge in [-0.2, -0.15) is 0 Å². The molecule has 1 fully saturated rings. The molecule has 1 saturated heterocycles. The largest absolute Gasteiger partial charge is 0.373 e. The van der Waals surface area contributed by atoms with Gasteiger partial charge in [0.05, 0.1) is 12.2 Å². The van der Waals surface area contributed by atoms with Crippen LogP contribution in [0.2, 0.25) is 5.02 Å². The van der Waals surface area contributed by atoms with Gasteiger partial charge in [0.1, 0.15) is 0 Å². The highest BCUT2D eigenvalue weighted by Crippen LogP contribution is 2.19. The molecule has 1 aliphatic rings. The maximum absolute atomic E-state index is 6.23. The Morgan fingerprint density at radius 2 is 2.05 bits per heavy atom. The second kappa shape index (κ2) is 6.71. The topological polar surface area (TPSA) is 38.5 Å². The second-order valence-corrected chi connectivity index (χ2v) is 5.90. The summed E-state index contributed by atoms with van der Waals surface area (Å²) < 4.78 is 5.73. The highest BCUT2D eigenvalue weighted by atomic mass is 35.5. The second-order valence-electron chi connectivity index (χ2n) is 5.47. The van der Waals surface area contributed by atoms with Gasteiger partial charge in [0.2, 0.25) is 0 Å². The van der Waals surface area contributed by atoms with Gasteiger partial charge in [-0.1, -0.05) is 23.7 Å². The third-order valence-corrected chi connectivity index (χ3v) is 3.76. The first-order chi connectivity index (χ1) is 9.04. The summed E-state index contributed by atoms with van der Waals surface area (Å²) in [5.74, 6) is 0. The SMILES string of the molecule is CC1CN(CCC(N)c2cccc(Cl)c2)CC(C)O1. The lowest BCUT2D eigenvalue weighted by Crippen LogP contribution is -2.46. The summed E-state index contributed by atoms with van der Waals surface area (Å²) in [7, 11) is 0. The predicted molar refractivity (Wildman–Crippen MR) is 79.4 cm³/mol. The van der Waals surface area contributed by atoms with Crippen molar-refractivity contribution in [2.45, 2.75) is 38.5 Å². The summed E-state index contributed by atoms with van der Waals surface area (Å²) in [6.45, 7) is 7.24. The van der Waals surface area contributed by atoms with Crippen LogP contribution in [-0.4, -0.2) is 36.7 Å². The van der Waals surface area contributed by atoms with Crippen LogP contribution in [0.5, 0.6) is 0 Å². The van der Waals surface area contributed by atoms with Crippen LogP contribution in [-0.2, 0) is 4.74 Å². The van der Waals surface area contributed by atoms with Crippen LogP contribution < -0.4 is 5.73 Å². The molecule has 0 saturated carbocycles. The minimum Gasteiger partial charge on any atom is -0.373 e. The lowest BCUT2D eigenvalue weighted by molar-refractivity contribution is -0.0684. The van der Waals surface area contributed by atoms with Gasteiger partial charge >= 0.3 is 0 Å². The molecular weight excluding hydrogens is 260 g/mol. The highest BCUT2D eigenvalue weighted by Gasteiger charge is 2.22. The van der Waals surface area contributed by atoms with Crippen molar-refractivity contribution in [3.63, 3.8) is 0 Å². The zero-order valence-electron chi connectivity index (χ0n) is 11.7. The normalized spacial score (nSPS) is 26.3. The van der Waals surface area contributed by atoms with E-state index in [0.29, 0.717) is 12.2 Å². The van der Waals surface area contributed by atoms with E-state index < -0.39 is 0 Å². The van der Waals surface area contributed by atoms with Gasteiger partial charge in [-0.25, -0.2) is 0 Å². The summed E-state index contributed by atoms with van der Waals surface area (Å²) in [5.41, 5.74) is 7.35. The monoisotopic (exact) mass is 282 g/mol. The average molecular weight is 283 g/mol. The number of ether oxygens (including phenoxy) is 1. The fraction of sp³-hybridized carbons (Fsp3) is 0.600. The van der Waals surface area contributed by atoms with E-state index in [1.165, 1.54) is 0 Å². The van der Waals surface area contributed by atoms with E-state index in [0.717, 1.165) is 36.6 Å². The summed E-state index contributed by atoms with van der Waals surface area (Å²) in [6, 6.07) is 7.88. The first kappa shape index (κ1) is 14.8. The molecule has 2 rings (SSSR count). The lowest BCUT2D eigenvalue weighted by Gasteiger charge is -2.35. The number of halogens is 1. The van der Waals surface area contributed by atoms with Crippen molar-refractivity contribution in [3.05, 3.63) is 34.9 Å². The van der Waals surface area contributed by atoms with Gasteiger partial charge in [-0.15, -0.1) is 0 Å². The molecule has 0 spiro atoms. The molecule has 3 atom stereocenters. The van der Waals surface area contributed by atoms with E-state index in [9.17, 15) is 0 Å². The highest BCUT2D eigenvalue weighted by molar-refractivity contribution is 6.30. The third-order valence-electron chi connectivity index (χ3n) is 3.53. The predicted octanol–water partition coefficient (Wildman–Crippen LogP) is 2.84. The lowest BCUT2D eigenvalue weighted by atomic mass is 10.0. The van der Waals surface area contributed by atoms with E-state index in [2.05, 4.69) is 18.7 Å². The maximum Gasteiger partial charge on any atom is 0.0678 e. The first-order valence-electron chi connectivity index (χ1n) is 6.93. The van der Waals surface area contributed by atoms with E-state index >= 15 is 0 Å². The molecule has 2 N–H and O–H groups in total. The Labute approximate surface area is 120 Å². The van der Waals surface area contributed by atoms with Crippen molar-refractivity contribution in [2.24, 2.45) is 5.73 Å². The molecule has 1 aromatic rings. The molecule has 0 aliphatic carbocycles. The van der Waals surface area contributed by atoms with Crippen LogP contribution in [0.15, 0.2) is 24.3 Å². The van der Waals surface area contributed by atoms with Gasteiger partial charge in [-0.3, -0.25) is 4.90 Å². The smallest absolute Gasteiger partial charge is 0.0678 e. The van der Waals surface area contributed by atoms with E-state index in [1.54, 1.807) is 0 Å². The molecule has 0 aromatic heterocycles. The van der Waals surface area contributed by atoms with Crippen molar-refractivity contribution in [2.75, 3.05) is 19.6 Å². The number of benzene rings is 1. The fourth-order valence-corrected chi connectivity index (χ4v) is 2.89. The zero-order valence-corrected chi connectivity index (χ0v) is 12.4. The number of hydrogen-bond acceptors (Lipinski definition) is 3. The maximum atomic E-state index is 6.23. The molecule has 1 aliphatic heterocycles.